The second-order valence-corrected chi connectivity index (χ2v) is 6.27. The van der Waals surface area contributed by atoms with E-state index in [1.807, 2.05) is 0 Å². The largest absolute Gasteiger partial charge is 0.394 e. The van der Waals surface area contributed by atoms with Crippen molar-refractivity contribution in [2.75, 3.05) is 6.61 Å². The van der Waals surface area contributed by atoms with Crippen LogP contribution in [-0.2, 0) is 19.1 Å². The van der Waals surface area contributed by atoms with Gasteiger partial charge in [-0.1, -0.05) is 17.7 Å². The van der Waals surface area contributed by atoms with E-state index in [1.54, 1.807) is 6.92 Å². The third-order valence-corrected chi connectivity index (χ3v) is 4.27. The summed E-state index contributed by atoms with van der Waals surface area (Å²) in [5.41, 5.74) is 0.805. The van der Waals surface area contributed by atoms with Crippen molar-refractivity contribution in [3.63, 3.8) is 0 Å². The molecule has 124 valence electrons. The maximum Gasteiger partial charge on any atom is 0.297 e. The van der Waals surface area contributed by atoms with Gasteiger partial charge in [0.1, 0.15) is 24.4 Å². The number of carbonyl (C=O) groups excluding carboxylic acids is 1. The van der Waals surface area contributed by atoms with Gasteiger partial charge in [-0.15, -0.1) is 0 Å². The summed E-state index contributed by atoms with van der Waals surface area (Å²) in [6.07, 6.45) is -7.76. The van der Waals surface area contributed by atoms with E-state index in [2.05, 4.69) is 4.18 Å². The van der Waals surface area contributed by atoms with Gasteiger partial charge in [-0.2, -0.15) is 8.42 Å². The Hall–Kier alpha value is -1.36. The molecule has 1 rings (SSSR count). The highest BCUT2D eigenvalue weighted by Crippen LogP contribution is 2.19. The van der Waals surface area contributed by atoms with E-state index in [9.17, 15) is 28.5 Å². The minimum absolute atomic E-state index is 0.0390. The van der Waals surface area contributed by atoms with Crippen LogP contribution in [0.15, 0.2) is 29.2 Å². The Morgan fingerprint density at radius 1 is 1.18 bits per heavy atom. The fourth-order valence-corrected chi connectivity index (χ4v) is 2.73. The minimum Gasteiger partial charge on any atom is -0.394 e. The zero-order chi connectivity index (χ0) is 16.9. The Kier molecular flexibility index (Phi) is 6.60. The topological polar surface area (TPSA) is 141 Å². The number of benzene rings is 1. The standard InChI is InChI=1S/C13H18O8S/c1-8-2-4-9(5-3-8)22(19,20)21-13(11(17)7-15)12(18)10(16)6-14/h2-5,7,10-14,16-18H,6H2,1H3/t10-,11+,12-,13+/m1/s1. The Balaban J connectivity index is 3.07. The smallest absolute Gasteiger partial charge is 0.297 e. The number of aliphatic hydroxyl groups is 4. The Morgan fingerprint density at radius 2 is 1.73 bits per heavy atom. The Bertz CT molecular complexity index is 583. The van der Waals surface area contributed by atoms with E-state index in [-0.39, 0.29) is 11.2 Å². The van der Waals surface area contributed by atoms with Crippen LogP contribution in [-0.4, -0.2) is 66.2 Å². The van der Waals surface area contributed by atoms with Gasteiger partial charge < -0.3 is 25.2 Å². The summed E-state index contributed by atoms with van der Waals surface area (Å²) in [6, 6.07) is 5.54. The Morgan fingerprint density at radius 3 is 2.18 bits per heavy atom. The van der Waals surface area contributed by atoms with Crippen LogP contribution < -0.4 is 0 Å². The molecule has 0 saturated carbocycles. The third kappa shape index (κ3) is 4.57. The van der Waals surface area contributed by atoms with Crippen molar-refractivity contribution in [3.8, 4) is 0 Å². The van der Waals surface area contributed by atoms with E-state index in [0.717, 1.165) is 5.56 Å². The normalized spacial score (nSPS) is 17.5. The first-order valence-corrected chi connectivity index (χ1v) is 7.74. The maximum absolute atomic E-state index is 12.1. The SMILES string of the molecule is Cc1ccc(S(=O)(=O)O[C@H]([C@H](O)[C@H](O)CO)[C@@H](O)C=O)cc1. The lowest BCUT2D eigenvalue weighted by molar-refractivity contribution is -0.131. The van der Waals surface area contributed by atoms with Crippen molar-refractivity contribution < 1.29 is 37.8 Å². The van der Waals surface area contributed by atoms with Gasteiger partial charge in [-0.25, -0.2) is 0 Å². The molecule has 0 aliphatic rings. The van der Waals surface area contributed by atoms with Crippen molar-refractivity contribution in [1.29, 1.82) is 0 Å². The number of rotatable bonds is 8. The predicted octanol–water partition coefficient (Wildman–Crippen LogP) is -1.66. The average molecular weight is 334 g/mol. The lowest BCUT2D eigenvalue weighted by Crippen LogP contribution is -2.48. The highest BCUT2D eigenvalue weighted by atomic mass is 32.2. The van der Waals surface area contributed by atoms with E-state index in [4.69, 9.17) is 5.11 Å². The molecule has 0 saturated heterocycles. The first-order valence-electron chi connectivity index (χ1n) is 6.33. The molecule has 0 aromatic heterocycles. The highest BCUT2D eigenvalue weighted by molar-refractivity contribution is 7.86. The second kappa shape index (κ2) is 7.77. The number of aldehydes is 1. The van der Waals surface area contributed by atoms with Gasteiger partial charge in [0.2, 0.25) is 0 Å². The summed E-state index contributed by atoms with van der Waals surface area (Å²) in [7, 11) is -4.39. The molecule has 0 heterocycles. The van der Waals surface area contributed by atoms with Gasteiger partial charge in [-0.05, 0) is 19.1 Å². The molecule has 1 aromatic rings. The van der Waals surface area contributed by atoms with Crippen molar-refractivity contribution >= 4 is 16.4 Å². The monoisotopic (exact) mass is 334 g/mol. The molecule has 0 amide bonds. The van der Waals surface area contributed by atoms with Gasteiger partial charge in [0.05, 0.1) is 11.5 Å². The molecule has 0 bridgehead atoms. The van der Waals surface area contributed by atoms with Crippen molar-refractivity contribution in [1.82, 2.24) is 0 Å². The molecule has 4 atom stereocenters. The fourth-order valence-electron chi connectivity index (χ4n) is 1.63. The summed E-state index contributed by atoms with van der Waals surface area (Å²) < 4.78 is 28.8. The summed E-state index contributed by atoms with van der Waals surface area (Å²) >= 11 is 0. The molecule has 4 N–H and O–H groups in total. The summed E-state index contributed by atoms with van der Waals surface area (Å²) in [5.74, 6) is 0. The molecule has 0 radical (unpaired) electrons. The number of aliphatic hydroxyl groups excluding tert-OH is 4. The Labute approximate surface area is 127 Å². The van der Waals surface area contributed by atoms with Crippen LogP contribution in [0.1, 0.15) is 5.56 Å². The van der Waals surface area contributed by atoms with Crippen molar-refractivity contribution in [3.05, 3.63) is 29.8 Å². The van der Waals surface area contributed by atoms with Crippen LogP contribution in [0.4, 0.5) is 0 Å². The quantitative estimate of drug-likeness (QED) is 0.327. The lowest BCUT2D eigenvalue weighted by Gasteiger charge is -2.26. The first-order chi connectivity index (χ1) is 10.2. The predicted molar refractivity (Wildman–Crippen MR) is 74.4 cm³/mol. The molecule has 0 fully saturated rings. The number of hydrogen-bond acceptors (Lipinski definition) is 8. The van der Waals surface area contributed by atoms with Crippen LogP contribution in [0.5, 0.6) is 0 Å². The van der Waals surface area contributed by atoms with Gasteiger partial charge in [0, 0.05) is 0 Å². The molecular formula is C13H18O8S. The second-order valence-electron chi connectivity index (χ2n) is 4.70. The fraction of sp³-hybridized carbons (Fsp3) is 0.462. The third-order valence-electron chi connectivity index (χ3n) is 2.94. The molecule has 1 aromatic carbocycles. The number of carbonyl (C=O) groups is 1. The molecular weight excluding hydrogens is 316 g/mol. The van der Waals surface area contributed by atoms with Crippen molar-refractivity contribution in [2.45, 2.75) is 36.2 Å². The lowest BCUT2D eigenvalue weighted by atomic mass is 10.0. The molecule has 0 spiro atoms. The van der Waals surface area contributed by atoms with Gasteiger partial charge >= 0.3 is 0 Å². The molecule has 8 nitrogen and oxygen atoms in total. The maximum atomic E-state index is 12.1. The van der Waals surface area contributed by atoms with Crippen LogP contribution in [0.2, 0.25) is 0 Å². The minimum atomic E-state index is -4.39. The number of aryl methyl sites for hydroxylation is 1. The van der Waals surface area contributed by atoms with Crippen LogP contribution in [0.25, 0.3) is 0 Å². The molecule has 0 aliphatic heterocycles. The zero-order valence-electron chi connectivity index (χ0n) is 11.7. The molecule has 22 heavy (non-hydrogen) atoms. The zero-order valence-corrected chi connectivity index (χ0v) is 12.5. The molecule has 0 aliphatic carbocycles. The molecule has 9 heteroatoms. The van der Waals surface area contributed by atoms with E-state index >= 15 is 0 Å². The van der Waals surface area contributed by atoms with Gasteiger partial charge in [-0.3, -0.25) is 4.18 Å². The van der Waals surface area contributed by atoms with E-state index in [0.29, 0.717) is 0 Å². The van der Waals surface area contributed by atoms with Gasteiger partial charge in [0.25, 0.3) is 10.1 Å². The summed E-state index contributed by atoms with van der Waals surface area (Å²) in [6.45, 7) is 0.842. The van der Waals surface area contributed by atoms with Crippen LogP contribution >= 0.6 is 0 Å². The van der Waals surface area contributed by atoms with Crippen molar-refractivity contribution in [2.24, 2.45) is 0 Å². The number of hydrogen-bond donors (Lipinski definition) is 4. The van der Waals surface area contributed by atoms with Crippen LogP contribution in [0, 0.1) is 6.92 Å². The highest BCUT2D eigenvalue weighted by Gasteiger charge is 2.37. The van der Waals surface area contributed by atoms with E-state index < -0.39 is 41.1 Å². The van der Waals surface area contributed by atoms with Gasteiger partial charge in [0.15, 0.2) is 6.29 Å². The first kappa shape index (κ1) is 18.7. The summed E-state index contributed by atoms with van der Waals surface area (Å²) in [5, 5.41) is 37.3. The van der Waals surface area contributed by atoms with E-state index in [1.165, 1.54) is 24.3 Å². The molecule has 0 unspecified atom stereocenters. The summed E-state index contributed by atoms with van der Waals surface area (Å²) in [4.78, 5) is 10.4. The average Bonchev–Trinajstić information content (AvgIpc) is 2.50. The van der Waals surface area contributed by atoms with Crippen LogP contribution in [0.3, 0.4) is 0 Å².